The predicted octanol–water partition coefficient (Wildman–Crippen LogP) is 1.27. The fraction of sp³-hybridized carbons (Fsp3) is 0.667. The molecule has 0 rings (SSSR count). The Balaban J connectivity index is 3.74. The molecule has 0 heterocycles. The van der Waals surface area contributed by atoms with E-state index in [2.05, 4.69) is 0 Å². The van der Waals surface area contributed by atoms with Crippen LogP contribution in [-0.2, 0) is 9.59 Å². The van der Waals surface area contributed by atoms with E-state index in [0.29, 0.717) is 12.3 Å². The van der Waals surface area contributed by atoms with Gasteiger partial charge in [-0.15, -0.1) is 23.2 Å². The fourth-order valence-corrected chi connectivity index (χ4v) is 0.748. The second kappa shape index (κ2) is 5.38. The average molecular weight is 199 g/mol. The van der Waals surface area contributed by atoms with Gasteiger partial charge >= 0.3 is 5.97 Å². The molecule has 0 aromatic rings. The van der Waals surface area contributed by atoms with Gasteiger partial charge in [0.1, 0.15) is 0 Å². The zero-order valence-corrected chi connectivity index (χ0v) is 7.23. The number of aliphatic carboxylic acids is 1. The molecule has 0 fully saturated rings. The number of alkyl halides is 2. The van der Waals surface area contributed by atoms with Crippen LogP contribution in [0.5, 0.6) is 0 Å². The van der Waals surface area contributed by atoms with E-state index < -0.39 is 17.1 Å². The minimum absolute atomic E-state index is 0.129. The van der Waals surface area contributed by atoms with Crippen molar-refractivity contribution >= 4 is 35.0 Å². The molecule has 0 aromatic carbocycles. The van der Waals surface area contributed by atoms with Gasteiger partial charge in [-0.1, -0.05) is 0 Å². The Bertz CT molecular complexity index is 158. The van der Waals surface area contributed by atoms with Crippen LogP contribution in [-0.4, -0.2) is 28.1 Å². The monoisotopic (exact) mass is 198 g/mol. The Morgan fingerprint density at radius 2 is 2.00 bits per heavy atom. The second-order valence-electron chi connectivity index (χ2n) is 1.96. The van der Waals surface area contributed by atoms with Crippen molar-refractivity contribution in [2.75, 3.05) is 5.88 Å². The third kappa shape index (κ3) is 4.22. The van der Waals surface area contributed by atoms with E-state index in [0.717, 1.165) is 0 Å². The summed E-state index contributed by atoms with van der Waals surface area (Å²) in [4.78, 5) is 20.9. The molecule has 64 valence electrons. The number of carbonyl (C=O) groups is 2. The van der Waals surface area contributed by atoms with Crippen LogP contribution in [0.2, 0.25) is 0 Å². The van der Waals surface area contributed by atoms with Crippen molar-refractivity contribution in [1.29, 1.82) is 0 Å². The summed E-state index contributed by atoms with van der Waals surface area (Å²) in [5.74, 6) is -1.44. The molecule has 3 nitrogen and oxygen atoms in total. The first-order chi connectivity index (χ1) is 5.09. The van der Waals surface area contributed by atoms with Crippen LogP contribution in [0.1, 0.15) is 12.8 Å². The predicted molar refractivity (Wildman–Crippen MR) is 42.2 cm³/mol. The van der Waals surface area contributed by atoms with Gasteiger partial charge in [0.05, 0.1) is 0 Å². The maximum absolute atomic E-state index is 10.8. The van der Waals surface area contributed by atoms with Crippen LogP contribution in [0.25, 0.3) is 0 Å². The summed E-state index contributed by atoms with van der Waals surface area (Å²) in [5.41, 5.74) is 0. The van der Waals surface area contributed by atoms with Gasteiger partial charge < -0.3 is 5.11 Å². The average Bonchev–Trinajstić information content (AvgIpc) is 1.98. The maximum atomic E-state index is 10.8. The molecular formula is C6H8Cl2O3. The van der Waals surface area contributed by atoms with Crippen LogP contribution in [0.3, 0.4) is 0 Å². The van der Waals surface area contributed by atoms with Gasteiger partial charge in [-0.25, -0.2) is 0 Å². The molecule has 0 radical (unpaired) electrons. The van der Waals surface area contributed by atoms with Crippen molar-refractivity contribution in [2.45, 2.75) is 18.2 Å². The molecule has 0 aromatic heterocycles. The summed E-state index contributed by atoms with van der Waals surface area (Å²) in [7, 11) is 0. The largest absolute Gasteiger partial charge is 0.480 e. The van der Waals surface area contributed by atoms with E-state index in [4.69, 9.17) is 28.3 Å². The topological polar surface area (TPSA) is 54.4 Å². The summed E-state index contributed by atoms with van der Waals surface area (Å²) in [6.07, 6.45) is 0.598. The highest BCUT2D eigenvalue weighted by molar-refractivity contribution is 6.40. The summed E-state index contributed by atoms with van der Waals surface area (Å²) < 4.78 is 0. The number of carboxylic acid groups (broad SMARTS) is 1. The van der Waals surface area contributed by atoms with Gasteiger partial charge in [0.25, 0.3) is 0 Å². The molecule has 0 aliphatic rings. The van der Waals surface area contributed by atoms with Crippen molar-refractivity contribution in [3.8, 4) is 0 Å². The number of carboxylic acids is 1. The Hall–Kier alpha value is -0.280. The van der Waals surface area contributed by atoms with Crippen molar-refractivity contribution < 1.29 is 14.7 Å². The van der Waals surface area contributed by atoms with Crippen molar-refractivity contribution in [2.24, 2.45) is 0 Å². The zero-order chi connectivity index (χ0) is 8.85. The molecule has 0 aliphatic heterocycles. The molecular weight excluding hydrogens is 191 g/mol. The molecule has 0 saturated carbocycles. The number of Topliss-reactive ketones (excluding diaryl/α,β-unsaturated/α-hetero) is 1. The highest BCUT2D eigenvalue weighted by Gasteiger charge is 2.21. The van der Waals surface area contributed by atoms with Gasteiger partial charge in [0.15, 0.2) is 11.2 Å². The molecule has 0 bridgehead atoms. The molecule has 1 N–H and O–H groups in total. The first-order valence-corrected chi connectivity index (χ1v) is 4.02. The number of hydrogen-bond acceptors (Lipinski definition) is 2. The van der Waals surface area contributed by atoms with Crippen LogP contribution < -0.4 is 0 Å². The van der Waals surface area contributed by atoms with Crippen molar-refractivity contribution in [3.63, 3.8) is 0 Å². The molecule has 11 heavy (non-hydrogen) atoms. The standard InChI is InChI=1S/C6H8Cl2O3/c7-3-1-2-4(9)5(8)6(10)11/h5H,1-3H2,(H,10,11)/t5-/m1/s1. The number of hydrogen-bond donors (Lipinski definition) is 1. The van der Waals surface area contributed by atoms with Crippen LogP contribution in [0.15, 0.2) is 0 Å². The Morgan fingerprint density at radius 3 is 2.36 bits per heavy atom. The number of rotatable bonds is 5. The molecule has 0 unspecified atom stereocenters. The highest BCUT2D eigenvalue weighted by atomic mass is 35.5. The third-order valence-electron chi connectivity index (χ3n) is 1.06. The van der Waals surface area contributed by atoms with Crippen molar-refractivity contribution in [3.05, 3.63) is 0 Å². The van der Waals surface area contributed by atoms with Gasteiger partial charge in [0.2, 0.25) is 0 Å². The van der Waals surface area contributed by atoms with E-state index in [-0.39, 0.29) is 6.42 Å². The lowest BCUT2D eigenvalue weighted by Crippen LogP contribution is -2.23. The number of carbonyl (C=O) groups excluding carboxylic acids is 1. The van der Waals surface area contributed by atoms with Crippen LogP contribution in [0, 0.1) is 0 Å². The highest BCUT2D eigenvalue weighted by Crippen LogP contribution is 2.04. The summed E-state index contributed by atoms with van der Waals surface area (Å²) >= 11 is 10.5. The smallest absolute Gasteiger partial charge is 0.329 e. The quantitative estimate of drug-likeness (QED) is 0.535. The van der Waals surface area contributed by atoms with E-state index >= 15 is 0 Å². The van der Waals surface area contributed by atoms with E-state index in [1.807, 2.05) is 0 Å². The minimum Gasteiger partial charge on any atom is -0.480 e. The second-order valence-corrected chi connectivity index (χ2v) is 2.77. The molecule has 0 amide bonds. The first kappa shape index (κ1) is 10.7. The Kier molecular flexibility index (Phi) is 5.24. The lowest BCUT2D eigenvalue weighted by Gasteiger charge is -2.00. The lowest BCUT2D eigenvalue weighted by molar-refractivity contribution is -0.139. The normalized spacial score (nSPS) is 12.5. The summed E-state index contributed by atoms with van der Waals surface area (Å²) in [5, 5.41) is 6.85. The molecule has 0 saturated heterocycles. The SMILES string of the molecule is O=C(O)[C@H](Cl)C(=O)CCCCl. The fourth-order valence-electron chi connectivity index (χ4n) is 0.505. The molecule has 0 spiro atoms. The van der Waals surface area contributed by atoms with E-state index in [1.165, 1.54) is 0 Å². The van der Waals surface area contributed by atoms with Gasteiger partial charge in [0, 0.05) is 12.3 Å². The number of halogens is 2. The van der Waals surface area contributed by atoms with Crippen LogP contribution in [0.4, 0.5) is 0 Å². The summed E-state index contributed by atoms with van der Waals surface area (Å²) in [6.45, 7) is 0. The molecule has 1 atom stereocenters. The Morgan fingerprint density at radius 1 is 1.45 bits per heavy atom. The minimum atomic E-state index is -1.42. The van der Waals surface area contributed by atoms with Gasteiger partial charge in [-0.05, 0) is 6.42 Å². The first-order valence-electron chi connectivity index (χ1n) is 3.05. The third-order valence-corrected chi connectivity index (χ3v) is 1.75. The Labute approximate surface area is 74.3 Å². The maximum Gasteiger partial charge on any atom is 0.329 e. The number of ketones is 1. The molecule has 5 heteroatoms. The lowest BCUT2D eigenvalue weighted by atomic mass is 10.2. The summed E-state index contributed by atoms with van der Waals surface area (Å²) in [6, 6.07) is 0. The van der Waals surface area contributed by atoms with E-state index in [9.17, 15) is 9.59 Å². The molecule has 0 aliphatic carbocycles. The zero-order valence-electron chi connectivity index (χ0n) is 5.72. The van der Waals surface area contributed by atoms with Crippen molar-refractivity contribution in [1.82, 2.24) is 0 Å². The van der Waals surface area contributed by atoms with Gasteiger partial charge in [-0.3, -0.25) is 9.59 Å². The van der Waals surface area contributed by atoms with Crippen LogP contribution >= 0.6 is 23.2 Å². The van der Waals surface area contributed by atoms with E-state index in [1.54, 1.807) is 0 Å². The van der Waals surface area contributed by atoms with Gasteiger partial charge in [-0.2, -0.15) is 0 Å².